The van der Waals surface area contributed by atoms with Crippen LogP contribution in [0.2, 0.25) is 5.02 Å². The minimum absolute atomic E-state index is 0.195. The third-order valence-electron chi connectivity index (χ3n) is 3.16. The third-order valence-corrected chi connectivity index (χ3v) is 3.41. The van der Waals surface area contributed by atoms with Gasteiger partial charge in [0.2, 0.25) is 0 Å². The number of nitrogens with zero attached hydrogens (tertiary/aromatic N) is 1. The second kappa shape index (κ2) is 5.92. The molecular formula is C15H21ClN2O2. The molecule has 0 aromatic heterocycles. The molecule has 0 saturated carbocycles. The van der Waals surface area contributed by atoms with Crippen molar-refractivity contribution in [3.8, 4) is 0 Å². The molecule has 1 fully saturated rings. The average Bonchev–Trinajstić information content (AvgIpc) is 2.27. The molecule has 110 valence electrons. The van der Waals surface area contributed by atoms with Crippen LogP contribution in [0.25, 0.3) is 0 Å². The molecule has 1 amide bonds. The molecule has 1 saturated heterocycles. The predicted octanol–water partition coefficient (Wildman–Crippen LogP) is 3.76. The number of ether oxygens (including phenoxy) is 1. The highest BCUT2D eigenvalue weighted by Gasteiger charge is 2.34. The smallest absolute Gasteiger partial charge is 0.410 e. The quantitative estimate of drug-likeness (QED) is 0.923. The van der Waals surface area contributed by atoms with E-state index in [1.54, 1.807) is 4.90 Å². The number of likely N-dealkylation sites (tertiary alicyclic amines) is 1. The summed E-state index contributed by atoms with van der Waals surface area (Å²) < 4.78 is 5.38. The van der Waals surface area contributed by atoms with E-state index in [9.17, 15) is 4.79 Å². The van der Waals surface area contributed by atoms with Gasteiger partial charge in [-0.25, -0.2) is 4.79 Å². The number of benzene rings is 1. The molecule has 20 heavy (non-hydrogen) atoms. The number of hydrogen-bond acceptors (Lipinski definition) is 3. The Morgan fingerprint density at radius 3 is 2.55 bits per heavy atom. The lowest BCUT2D eigenvalue weighted by Crippen LogP contribution is -2.55. The van der Waals surface area contributed by atoms with Crippen molar-refractivity contribution >= 4 is 23.4 Å². The topological polar surface area (TPSA) is 41.6 Å². The summed E-state index contributed by atoms with van der Waals surface area (Å²) in [6.45, 7) is 7.13. The predicted molar refractivity (Wildman–Crippen MR) is 81.3 cm³/mol. The number of anilines is 1. The van der Waals surface area contributed by atoms with E-state index in [4.69, 9.17) is 16.3 Å². The first-order valence-corrected chi connectivity index (χ1v) is 7.22. The standard InChI is InChI=1S/C15H21ClN2O2/c1-15(2,3)20-14(19)18-9-8-13(18)10-17-12-6-4-11(16)5-7-12/h4-7,13,17H,8-10H2,1-3H3. The van der Waals surface area contributed by atoms with Crippen LogP contribution in [0.5, 0.6) is 0 Å². The van der Waals surface area contributed by atoms with Crippen molar-refractivity contribution in [2.24, 2.45) is 0 Å². The summed E-state index contributed by atoms with van der Waals surface area (Å²) >= 11 is 5.84. The van der Waals surface area contributed by atoms with E-state index in [2.05, 4.69) is 5.32 Å². The van der Waals surface area contributed by atoms with Gasteiger partial charge in [-0.05, 0) is 51.5 Å². The fourth-order valence-corrected chi connectivity index (χ4v) is 2.14. The maximum atomic E-state index is 12.0. The van der Waals surface area contributed by atoms with Crippen LogP contribution >= 0.6 is 11.6 Å². The molecule has 1 aromatic carbocycles. The van der Waals surface area contributed by atoms with Gasteiger partial charge in [0, 0.05) is 23.8 Å². The van der Waals surface area contributed by atoms with E-state index in [0.717, 1.165) is 30.2 Å². The zero-order valence-corrected chi connectivity index (χ0v) is 12.9. The molecule has 0 spiro atoms. The van der Waals surface area contributed by atoms with Crippen molar-refractivity contribution in [1.29, 1.82) is 0 Å². The van der Waals surface area contributed by atoms with Crippen LogP contribution in [0.4, 0.5) is 10.5 Å². The van der Waals surface area contributed by atoms with Gasteiger partial charge in [-0.1, -0.05) is 11.6 Å². The number of carbonyl (C=O) groups is 1. The van der Waals surface area contributed by atoms with Crippen LogP contribution in [0.1, 0.15) is 27.2 Å². The summed E-state index contributed by atoms with van der Waals surface area (Å²) in [4.78, 5) is 13.7. The van der Waals surface area contributed by atoms with Gasteiger partial charge in [0.15, 0.2) is 0 Å². The zero-order valence-electron chi connectivity index (χ0n) is 12.1. The second-order valence-electron chi connectivity index (χ2n) is 6.00. The summed E-state index contributed by atoms with van der Waals surface area (Å²) in [6.07, 6.45) is 0.770. The lowest BCUT2D eigenvalue weighted by molar-refractivity contribution is -0.00274. The Hall–Kier alpha value is -1.42. The summed E-state index contributed by atoms with van der Waals surface area (Å²) in [5, 5.41) is 4.03. The molecule has 1 aliphatic rings. The van der Waals surface area contributed by atoms with Gasteiger partial charge < -0.3 is 15.0 Å². The molecule has 1 heterocycles. The molecule has 0 aliphatic carbocycles. The first-order valence-electron chi connectivity index (χ1n) is 6.84. The number of nitrogens with one attached hydrogen (secondary N) is 1. The Morgan fingerprint density at radius 2 is 2.05 bits per heavy atom. The first kappa shape index (κ1) is 15.0. The van der Waals surface area contributed by atoms with Gasteiger partial charge in [-0.3, -0.25) is 0 Å². The van der Waals surface area contributed by atoms with Crippen LogP contribution in [0.3, 0.4) is 0 Å². The number of hydrogen-bond donors (Lipinski definition) is 1. The van der Waals surface area contributed by atoms with E-state index >= 15 is 0 Å². The summed E-state index contributed by atoms with van der Waals surface area (Å²) in [5.41, 5.74) is 0.561. The normalized spacial score (nSPS) is 18.4. The Kier molecular flexibility index (Phi) is 4.43. The zero-order chi connectivity index (χ0) is 14.8. The van der Waals surface area contributed by atoms with Crippen LogP contribution in [-0.2, 0) is 4.74 Å². The average molecular weight is 297 g/mol. The van der Waals surface area contributed by atoms with Crippen LogP contribution in [0.15, 0.2) is 24.3 Å². The van der Waals surface area contributed by atoms with E-state index in [1.165, 1.54) is 0 Å². The fourth-order valence-electron chi connectivity index (χ4n) is 2.02. The first-order chi connectivity index (χ1) is 9.35. The minimum Gasteiger partial charge on any atom is -0.444 e. The summed E-state index contributed by atoms with van der Waals surface area (Å²) in [7, 11) is 0. The van der Waals surface area contributed by atoms with Crippen molar-refractivity contribution in [3.05, 3.63) is 29.3 Å². The molecule has 4 nitrogen and oxygen atoms in total. The highest BCUT2D eigenvalue weighted by atomic mass is 35.5. The van der Waals surface area contributed by atoms with Crippen molar-refractivity contribution in [2.75, 3.05) is 18.4 Å². The van der Waals surface area contributed by atoms with Crippen LogP contribution < -0.4 is 5.32 Å². The minimum atomic E-state index is -0.444. The van der Waals surface area contributed by atoms with Gasteiger partial charge in [-0.15, -0.1) is 0 Å². The van der Waals surface area contributed by atoms with Gasteiger partial charge >= 0.3 is 6.09 Å². The van der Waals surface area contributed by atoms with Gasteiger partial charge in [0.05, 0.1) is 6.04 Å². The molecule has 1 unspecified atom stereocenters. The highest BCUT2D eigenvalue weighted by molar-refractivity contribution is 6.30. The lowest BCUT2D eigenvalue weighted by atomic mass is 10.0. The molecule has 0 radical (unpaired) electrons. The molecule has 1 aliphatic heterocycles. The number of carbonyl (C=O) groups excluding carboxylic acids is 1. The van der Waals surface area contributed by atoms with E-state index in [-0.39, 0.29) is 12.1 Å². The molecule has 1 atom stereocenters. The summed E-state index contributed by atoms with van der Waals surface area (Å²) in [5.74, 6) is 0. The van der Waals surface area contributed by atoms with Crippen molar-refractivity contribution in [3.63, 3.8) is 0 Å². The lowest BCUT2D eigenvalue weighted by Gasteiger charge is -2.41. The summed E-state index contributed by atoms with van der Waals surface area (Å²) in [6, 6.07) is 7.74. The molecule has 1 aromatic rings. The van der Waals surface area contributed by atoms with Crippen LogP contribution in [0, 0.1) is 0 Å². The van der Waals surface area contributed by atoms with Crippen LogP contribution in [-0.4, -0.2) is 35.7 Å². The Bertz CT molecular complexity index is 468. The SMILES string of the molecule is CC(C)(C)OC(=O)N1CCC1CNc1ccc(Cl)cc1. The van der Waals surface area contributed by atoms with Gasteiger partial charge in [-0.2, -0.15) is 0 Å². The fraction of sp³-hybridized carbons (Fsp3) is 0.533. The number of amides is 1. The van der Waals surface area contributed by atoms with Gasteiger partial charge in [0.25, 0.3) is 0 Å². The third kappa shape index (κ3) is 4.04. The molecule has 5 heteroatoms. The second-order valence-corrected chi connectivity index (χ2v) is 6.44. The highest BCUT2D eigenvalue weighted by Crippen LogP contribution is 2.22. The van der Waals surface area contributed by atoms with Crippen molar-refractivity contribution < 1.29 is 9.53 Å². The van der Waals surface area contributed by atoms with Gasteiger partial charge in [0.1, 0.15) is 5.60 Å². The van der Waals surface area contributed by atoms with E-state index in [1.807, 2.05) is 45.0 Å². The largest absolute Gasteiger partial charge is 0.444 e. The van der Waals surface area contributed by atoms with Crippen molar-refractivity contribution in [2.45, 2.75) is 38.8 Å². The van der Waals surface area contributed by atoms with Crippen molar-refractivity contribution in [1.82, 2.24) is 4.90 Å². The molecule has 1 N–H and O–H groups in total. The Labute approximate surface area is 125 Å². The molecule has 0 bridgehead atoms. The number of rotatable bonds is 3. The Balaban J connectivity index is 1.82. The monoisotopic (exact) mass is 296 g/mol. The Morgan fingerprint density at radius 1 is 1.40 bits per heavy atom. The van der Waals surface area contributed by atoms with E-state index in [0.29, 0.717) is 0 Å². The molecular weight excluding hydrogens is 276 g/mol. The molecule has 2 rings (SSSR count). The maximum Gasteiger partial charge on any atom is 0.410 e. The van der Waals surface area contributed by atoms with E-state index < -0.39 is 5.60 Å². The number of halogens is 1. The maximum absolute atomic E-state index is 12.0.